The van der Waals surface area contributed by atoms with E-state index in [1.165, 1.54) is 0 Å². The zero-order valence-corrected chi connectivity index (χ0v) is 11.6. The van der Waals surface area contributed by atoms with Crippen molar-refractivity contribution in [1.82, 2.24) is 5.32 Å². The van der Waals surface area contributed by atoms with Crippen LogP contribution in [0.25, 0.3) is 16.8 Å². The van der Waals surface area contributed by atoms with E-state index >= 15 is 0 Å². The number of thioether (sulfide) groups is 1. The van der Waals surface area contributed by atoms with Crippen LogP contribution < -0.4 is 10.1 Å². The minimum atomic E-state index is -0.222. The number of amidine groups is 1. The van der Waals surface area contributed by atoms with E-state index in [-0.39, 0.29) is 11.1 Å². The summed E-state index contributed by atoms with van der Waals surface area (Å²) >= 11 is 1.14. The zero-order chi connectivity index (χ0) is 14.1. The number of benzene rings is 2. The van der Waals surface area contributed by atoms with Gasteiger partial charge in [-0.15, -0.1) is 0 Å². The zero-order valence-electron chi connectivity index (χ0n) is 10.8. The molecule has 1 fully saturated rings. The molecule has 1 aliphatic heterocycles. The minimum absolute atomic E-state index is 0.166. The fourth-order valence-electron chi connectivity index (χ4n) is 2.18. The van der Waals surface area contributed by atoms with Gasteiger partial charge in [-0.3, -0.25) is 10.2 Å². The van der Waals surface area contributed by atoms with Crippen LogP contribution in [-0.4, -0.2) is 18.2 Å². The molecule has 1 amide bonds. The maximum atomic E-state index is 11.7. The average Bonchev–Trinajstić information content (AvgIpc) is 2.77. The van der Waals surface area contributed by atoms with Gasteiger partial charge in [0, 0.05) is 5.39 Å². The first-order valence-corrected chi connectivity index (χ1v) is 6.86. The second-order valence-electron chi connectivity index (χ2n) is 4.30. The summed E-state index contributed by atoms with van der Waals surface area (Å²) in [6, 6.07) is 11.7. The molecular weight excluding hydrogens is 272 g/mol. The molecule has 100 valence electrons. The van der Waals surface area contributed by atoms with Crippen LogP contribution in [0.15, 0.2) is 41.3 Å². The Hall–Kier alpha value is -2.27. The molecule has 4 nitrogen and oxygen atoms in total. The summed E-state index contributed by atoms with van der Waals surface area (Å²) < 4.78 is 5.35. The second-order valence-corrected chi connectivity index (χ2v) is 5.35. The highest BCUT2D eigenvalue weighted by atomic mass is 32.2. The molecule has 1 aliphatic rings. The lowest BCUT2D eigenvalue weighted by atomic mass is 10.0. The number of amides is 1. The Morgan fingerprint density at radius 2 is 1.95 bits per heavy atom. The minimum Gasteiger partial charge on any atom is -0.496 e. The number of hydrogen-bond acceptors (Lipinski definition) is 4. The third-order valence-corrected chi connectivity index (χ3v) is 3.92. The first-order valence-electron chi connectivity index (χ1n) is 6.04. The molecular formula is C15H12N2O2S. The summed E-state index contributed by atoms with van der Waals surface area (Å²) in [6.07, 6.45) is 1.81. The quantitative estimate of drug-likeness (QED) is 0.833. The van der Waals surface area contributed by atoms with Gasteiger partial charge in [0.2, 0.25) is 0 Å². The van der Waals surface area contributed by atoms with Gasteiger partial charge < -0.3 is 10.1 Å². The van der Waals surface area contributed by atoms with E-state index < -0.39 is 0 Å². The van der Waals surface area contributed by atoms with Crippen LogP contribution >= 0.6 is 11.8 Å². The van der Waals surface area contributed by atoms with Crippen molar-refractivity contribution in [3.05, 3.63) is 46.9 Å². The highest BCUT2D eigenvalue weighted by molar-refractivity contribution is 8.18. The van der Waals surface area contributed by atoms with Crippen LogP contribution in [0.5, 0.6) is 5.75 Å². The Morgan fingerprint density at radius 1 is 1.20 bits per heavy atom. The summed E-state index contributed by atoms with van der Waals surface area (Å²) in [7, 11) is 1.64. The molecule has 5 heteroatoms. The van der Waals surface area contributed by atoms with Crippen LogP contribution in [0.4, 0.5) is 0 Å². The third kappa shape index (κ3) is 2.16. The lowest BCUT2D eigenvalue weighted by Crippen LogP contribution is -2.18. The van der Waals surface area contributed by atoms with Gasteiger partial charge in [-0.1, -0.05) is 30.3 Å². The van der Waals surface area contributed by atoms with E-state index in [4.69, 9.17) is 10.1 Å². The fraction of sp³-hybridized carbons (Fsp3) is 0.0667. The molecule has 2 aromatic rings. The summed E-state index contributed by atoms with van der Waals surface area (Å²) in [5.41, 5.74) is 0.939. The Balaban J connectivity index is 2.16. The van der Waals surface area contributed by atoms with Crippen molar-refractivity contribution < 1.29 is 9.53 Å². The Labute approximate surface area is 120 Å². The molecule has 2 N–H and O–H groups in total. The van der Waals surface area contributed by atoms with Gasteiger partial charge in [0.25, 0.3) is 5.91 Å². The summed E-state index contributed by atoms with van der Waals surface area (Å²) in [5, 5.41) is 12.1. The lowest BCUT2D eigenvalue weighted by Gasteiger charge is -2.08. The highest BCUT2D eigenvalue weighted by Crippen LogP contribution is 2.32. The molecule has 0 bridgehead atoms. The topological polar surface area (TPSA) is 62.2 Å². The number of nitrogens with one attached hydrogen (secondary N) is 2. The molecule has 0 aliphatic carbocycles. The van der Waals surface area contributed by atoms with Gasteiger partial charge in [-0.25, -0.2) is 0 Å². The smallest absolute Gasteiger partial charge is 0.264 e. The SMILES string of the molecule is COc1ccc(/C=C2/SC(=N)NC2=O)c2ccccc12. The Bertz CT molecular complexity index is 753. The van der Waals surface area contributed by atoms with Crippen LogP contribution in [0, 0.1) is 5.41 Å². The molecule has 0 aromatic heterocycles. The molecule has 0 radical (unpaired) electrons. The van der Waals surface area contributed by atoms with Crippen molar-refractivity contribution in [2.45, 2.75) is 0 Å². The number of methoxy groups -OCH3 is 1. The van der Waals surface area contributed by atoms with Crippen LogP contribution in [-0.2, 0) is 4.79 Å². The molecule has 0 unspecified atom stereocenters. The normalized spacial score (nSPS) is 16.8. The second kappa shape index (κ2) is 5.02. The molecule has 0 spiro atoms. The largest absolute Gasteiger partial charge is 0.496 e. The first-order chi connectivity index (χ1) is 9.69. The first kappa shape index (κ1) is 12.7. The number of carbonyl (C=O) groups excluding carboxylic acids is 1. The Morgan fingerprint density at radius 3 is 2.60 bits per heavy atom. The van der Waals surface area contributed by atoms with E-state index in [0.29, 0.717) is 4.91 Å². The molecule has 3 rings (SSSR count). The van der Waals surface area contributed by atoms with E-state index in [1.54, 1.807) is 7.11 Å². The van der Waals surface area contributed by atoms with Crippen molar-refractivity contribution in [3.8, 4) is 5.75 Å². The maximum absolute atomic E-state index is 11.7. The molecule has 2 aromatic carbocycles. The Kier molecular flexibility index (Phi) is 3.20. The van der Waals surface area contributed by atoms with Crippen LogP contribution in [0.3, 0.4) is 0 Å². The van der Waals surface area contributed by atoms with Crippen LogP contribution in [0.2, 0.25) is 0 Å². The number of hydrogen-bond donors (Lipinski definition) is 2. The maximum Gasteiger partial charge on any atom is 0.264 e. The average molecular weight is 284 g/mol. The molecule has 0 saturated carbocycles. The summed E-state index contributed by atoms with van der Waals surface area (Å²) in [5.74, 6) is 0.582. The number of carbonyl (C=O) groups is 1. The van der Waals surface area contributed by atoms with E-state index in [0.717, 1.165) is 33.8 Å². The van der Waals surface area contributed by atoms with Crippen LogP contribution in [0.1, 0.15) is 5.56 Å². The van der Waals surface area contributed by atoms with Gasteiger partial charge in [0.05, 0.1) is 12.0 Å². The number of fused-ring (bicyclic) bond motifs is 1. The molecule has 1 heterocycles. The van der Waals surface area contributed by atoms with Crippen molar-refractivity contribution in [2.24, 2.45) is 0 Å². The van der Waals surface area contributed by atoms with Gasteiger partial charge in [-0.05, 0) is 34.9 Å². The van der Waals surface area contributed by atoms with Crippen molar-refractivity contribution in [3.63, 3.8) is 0 Å². The van der Waals surface area contributed by atoms with E-state index in [9.17, 15) is 4.79 Å². The number of ether oxygens (including phenoxy) is 1. The van der Waals surface area contributed by atoms with Gasteiger partial charge in [0.15, 0.2) is 5.17 Å². The monoisotopic (exact) mass is 284 g/mol. The van der Waals surface area contributed by atoms with E-state index in [2.05, 4.69) is 5.32 Å². The predicted molar refractivity (Wildman–Crippen MR) is 81.9 cm³/mol. The van der Waals surface area contributed by atoms with Gasteiger partial charge in [0.1, 0.15) is 5.75 Å². The summed E-state index contributed by atoms with van der Waals surface area (Å²) in [4.78, 5) is 12.2. The molecule has 20 heavy (non-hydrogen) atoms. The predicted octanol–water partition coefficient (Wildman–Crippen LogP) is 2.99. The van der Waals surface area contributed by atoms with Gasteiger partial charge >= 0.3 is 0 Å². The van der Waals surface area contributed by atoms with Crippen molar-refractivity contribution in [1.29, 1.82) is 5.41 Å². The van der Waals surface area contributed by atoms with E-state index in [1.807, 2.05) is 42.5 Å². The standard InChI is InChI=1S/C15H12N2O2S/c1-19-12-7-6-9(10-4-2-3-5-11(10)12)8-13-14(18)17-15(16)20-13/h2-8H,1H3,(H2,16,17,18)/b13-8+. The summed E-state index contributed by atoms with van der Waals surface area (Å²) in [6.45, 7) is 0. The highest BCUT2D eigenvalue weighted by Gasteiger charge is 2.22. The van der Waals surface area contributed by atoms with Crippen molar-refractivity contribution >= 4 is 39.7 Å². The lowest BCUT2D eigenvalue weighted by molar-refractivity contribution is -0.115. The van der Waals surface area contributed by atoms with Gasteiger partial charge in [-0.2, -0.15) is 0 Å². The molecule has 0 atom stereocenters. The number of rotatable bonds is 2. The molecule has 1 saturated heterocycles. The van der Waals surface area contributed by atoms with Crippen molar-refractivity contribution in [2.75, 3.05) is 7.11 Å². The fourth-order valence-corrected chi connectivity index (χ4v) is 2.87. The third-order valence-electron chi connectivity index (χ3n) is 3.09.